The largest absolute Gasteiger partial charge is 0.480 e. The second-order valence-electron chi connectivity index (χ2n) is 7.39. The quantitative estimate of drug-likeness (QED) is 0.364. The normalized spacial score (nSPS) is 16.2. The van der Waals surface area contributed by atoms with E-state index in [9.17, 15) is 24.6 Å². The highest BCUT2D eigenvalue weighted by atomic mass is 16.4. The number of urea groups is 1. The van der Waals surface area contributed by atoms with E-state index in [2.05, 4.69) is 5.32 Å². The summed E-state index contributed by atoms with van der Waals surface area (Å²) in [6.45, 7) is 0.0518. The van der Waals surface area contributed by atoms with E-state index in [1.54, 1.807) is 24.3 Å². The summed E-state index contributed by atoms with van der Waals surface area (Å²) in [4.78, 5) is 37.4. The van der Waals surface area contributed by atoms with Gasteiger partial charge < -0.3 is 27.0 Å². The maximum atomic E-state index is 13.3. The SMILES string of the molecule is NC(=O)NCCC[C@@H](C(=O)O)N(C(=O)[C@@H](N)C1CCCC1)c1ccc(CO)cc1. The van der Waals surface area contributed by atoms with Crippen LogP contribution in [0.4, 0.5) is 10.5 Å². The number of carbonyl (C=O) groups excluding carboxylic acids is 2. The second-order valence-corrected chi connectivity index (χ2v) is 7.39. The zero-order valence-corrected chi connectivity index (χ0v) is 16.4. The molecule has 2 rings (SSSR count). The van der Waals surface area contributed by atoms with Crippen LogP contribution in [-0.2, 0) is 16.2 Å². The predicted octanol–water partition coefficient (Wildman–Crippen LogP) is 0.931. The molecule has 1 aromatic rings. The Morgan fingerprint density at radius 3 is 2.31 bits per heavy atom. The molecule has 1 aliphatic carbocycles. The maximum absolute atomic E-state index is 13.3. The van der Waals surface area contributed by atoms with Crippen LogP contribution in [0.5, 0.6) is 0 Å². The number of primary amides is 1. The molecular weight excluding hydrogens is 376 g/mol. The number of nitrogens with two attached hydrogens (primary N) is 2. The van der Waals surface area contributed by atoms with E-state index in [1.807, 2.05) is 0 Å². The third-order valence-corrected chi connectivity index (χ3v) is 5.38. The van der Waals surface area contributed by atoms with Gasteiger partial charge in [0.15, 0.2) is 0 Å². The van der Waals surface area contributed by atoms with Crippen molar-refractivity contribution in [3.8, 4) is 0 Å². The lowest BCUT2D eigenvalue weighted by Gasteiger charge is -2.33. The first-order valence-electron chi connectivity index (χ1n) is 9.89. The summed E-state index contributed by atoms with van der Waals surface area (Å²) in [6, 6.07) is 3.91. The van der Waals surface area contributed by atoms with Gasteiger partial charge in [0, 0.05) is 12.2 Å². The van der Waals surface area contributed by atoms with E-state index < -0.39 is 30.0 Å². The first kappa shape index (κ1) is 22.6. The van der Waals surface area contributed by atoms with Gasteiger partial charge in [-0.25, -0.2) is 9.59 Å². The number of amides is 3. The number of carboxylic acid groups (broad SMARTS) is 1. The summed E-state index contributed by atoms with van der Waals surface area (Å²) >= 11 is 0. The number of rotatable bonds is 10. The number of nitrogens with one attached hydrogen (secondary N) is 1. The number of benzene rings is 1. The molecule has 0 heterocycles. The Morgan fingerprint density at radius 1 is 1.17 bits per heavy atom. The number of carboxylic acids is 1. The van der Waals surface area contributed by atoms with Crippen molar-refractivity contribution in [3.63, 3.8) is 0 Å². The van der Waals surface area contributed by atoms with Crippen LogP contribution in [-0.4, -0.2) is 46.7 Å². The summed E-state index contributed by atoms with van der Waals surface area (Å²) in [5.74, 6) is -1.54. The summed E-state index contributed by atoms with van der Waals surface area (Å²) in [5.41, 5.74) is 12.4. The lowest BCUT2D eigenvalue weighted by atomic mass is 9.96. The van der Waals surface area contributed by atoms with Gasteiger partial charge in [0.05, 0.1) is 12.6 Å². The van der Waals surface area contributed by atoms with Crippen LogP contribution in [0.25, 0.3) is 0 Å². The summed E-state index contributed by atoms with van der Waals surface area (Å²) in [7, 11) is 0. The van der Waals surface area contributed by atoms with Crippen molar-refractivity contribution >= 4 is 23.6 Å². The molecule has 1 fully saturated rings. The smallest absolute Gasteiger partial charge is 0.326 e. The Labute approximate surface area is 170 Å². The van der Waals surface area contributed by atoms with Gasteiger partial charge >= 0.3 is 12.0 Å². The summed E-state index contributed by atoms with van der Waals surface area (Å²) in [5, 5.41) is 21.5. The lowest BCUT2D eigenvalue weighted by molar-refractivity contribution is -0.140. The second kappa shape index (κ2) is 10.8. The fourth-order valence-electron chi connectivity index (χ4n) is 3.77. The van der Waals surface area contributed by atoms with Gasteiger partial charge in [0.1, 0.15) is 6.04 Å². The van der Waals surface area contributed by atoms with E-state index >= 15 is 0 Å². The number of carbonyl (C=O) groups is 3. The van der Waals surface area contributed by atoms with Crippen molar-refractivity contribution in [2.24, 2.45) is 17.4 Å². The average molecular weight is 406 g/mol. The highest BCUT2D eigenvalue weighted by molar-refractivity contribution is 6.02. The maximum Gasteiger partial charge on any atom is 0.326 e. The molecule has 9 heteroatoms. The Morgan fingerprint density at radius 2 is 1.79 bits per heavy atom. The lowest BCUT2D eigenvalue weighted by Crippen LogP contribution is -2.54. The summed E-state index contributed by atoms with van der Waals surface area (Å²) in [6.07, 6.45) is 4.18. The molecular formula is C20H30N4O5. The number of hydrogen-bond acceptors (Lipinski definition) is 5. The van der Waals surface area contributed by atoms with Crippen LogP contribution in [0.15, 0.2) is 24.3 Å². The fraction of sp³-hybridized carbons (Fsp3) is 0.550. The molecule has 0 spiro atoms. The van der Waals surface area contributed by atoms with Crippen molar-refractivity contribution in [1.29, 1.82) is 0 Å². The Kier molecular flexibility index (Phi) is 8.41. The van der Waals surface area contributed by atoms with Crippen molar-refractivity contribution in [2.45, 2.75) is 57.2 Å². The molecule has 9 nitrogen and oxygen atoms in total. The third-order valence-electron chi connectivity index (χ3n) is 5.38. The van der Waals surface area contributed by atoms with Crippen LogP contribution in [0.1, 0.15) is 44.1 Å². The van der Waals surface area contributed by atoms with Gasteiger partial charge in [-0.15, -0.1) is 0 Å². The van der Waals surface area contributed by atoms with Gasteiger partial charge in [-0.3, -0.25) is 9.69 Å². The molecule has 7 N–H and O–H groups in total. The fourth-order valence-corrected chi connectivity index (χ4v) is 3.77. The van der Waals surface area contributed by atoms with Gasteiger partial charge in [-0.2, -0.15) is 0 Å². The van der Waals surface area contributed by atoms with E-state index in [4.69, 9.17) is 11.5 Å². The van der Waals surface area contributed by atoms with Gasteiger partial charge in [-0.05, 0) is 49.3 Å². The molecule has 0 radical (unpaired) electrons. The van der Waals surface area contributed by atoms with Crippen molar-refractivity contribution < 1.29 is 24.6 Å². The zero-order valence-electron chi connectivity index (χ0n) is 16.4. The van der Waals surface area contributed by atoms with Crippen molar-refractivity contribution in [3.05, 3.63) is 29.8 Å². The van der Waals surface area contributed by atoms with Gasteiger partial charge in [0.25, 0.3) is 0 Å². The number of aliphatic hydroxyl groups excluding tert-OH is 1. The minimum Gasteiger partial charge on any atom is -0.480 e. The number of aliphatic carboxylic acids is 1. The molecule has 0 saturated heterocycles. The van der Waals surface area contributed by atoms with Crippen LogP contribution in [0.2, 0.25) is 0 Å². The number of nitrogens with zero attached hydrogens (tertiary/aromatic N) is 1. The first-order valence-corrected chi connectivity index (χ1v) is 9.89. The molecule has 1 aromatic carbocycles. The Bertz CT molecular complexity index is 703. The highest BCUT2D eigenvalue weighted by Crippen LogP contribution is 2.30. The minimum absolute atomic E-state index is 0.0349. The standard InChI is InChI=1S/C20H30N4O5/c21-17(14-4-1-2-5-14)18(26)24(15-9-7-13(12-25)8-10-15)16(19(27)28)6-3-11-23-20(22)29/h7-10,14,16-17,25H,1-6,11-12,21H2,(H,27,28)(H3,22,23,29)/t16-,17-/m0/s1. The first-order chi connectivity index (χ1) is 13.8. The molecule has 1 saturated carbocycles. The van der Waals surface area contributed by atoms with Crippen LogP contribution >= 0.6 is 0 Å². The molecule has 0 bridgehead atoms. The Balaban J connectivity index is 2.27. The molecule has 2 atom stereocenters. The predicted molar refractivity (Wildman–Crippen MR) is 108 cm³/mol. The number of anilines is 1. The highest BCUT2D eigenvalue weighted by Gasteiger charge is 2.37. The minimum atomic E-state index is -1.15. The third kappa shape index (κ3) is 6.16. The number of hydrogen-bond donors (Lipinski definition) is 5. The van der Waals surface area contributed by atoms with Crippen LogP contribution in [0, 0.1) is 5.92 Å². The van der Waals surface area contributed by atoms with E-state index in [-0.39, 0.29) is 25.5 Å². The van der Waals surface area contributed by atoms with Gasteiger partial charge in [0.2, 0.25) is 5.91 Å². The van der Waals surface area contributed by atoms with E-state index in [0.717, 1.165) is 25.7 Å². The topological polar surface area (TPSA) is 159 Å². The van der Waals surface area contributed by atoms with Crippen molar-refractivity contribution in [1.82, 2.24) is 5.32 Å². The van der Waals surface area contributed by atoms with Crippen LogP contribution in [0.3, 0.4) is 0 Å². The van der Waals surface area contributed by atoms with Gasteiger partial charge in [-0.1, -0.05) is 25.0 Å². The average Bonchev–Trinajstić information content (AvgIpc) is 3.24. The molecule has 1 aliphatic rings. The zero-order chi connectivity index (χ0) is 21.4. The van der Waals surface area contributed by atoms with E-state index in [0.29, 0.717) is 17.7 Å². The molecule has 160 valence electrons. The molecule has 3 amide bonds. The molecule has 0 aromatic heterocycles. The monoisotopic (exact) mass is 406 g/mol. The summed E-state index contributed by atoms with van der Waals surface area (Å²) < 4.78 is 0. The Hall–Kier alpha value is -2.65. The molecule has 29 heavy (non-hydrogen) atoms. The molecule has 0 aliphatic heterocycles. The van der Waals surface area contributed by atoms with Crippen molar-refractivity contribution in [2.75, 3.05) is 11.4 Å². The van der Waals surface area contributed by atoms with Crippen LogP contribution < -0.4 is 21.7 Å². The molecule has 0 unspecified atom stereocenters. The van der Waals surface area contributed by atoms with E-state index in [1.165, 1.54) is 4.90 Å². The number of aliphatic hydroxyl groups is 1.